The Balaban J connectivity index is 1.68. The van der Waals surface area contributed by atoms with Crippen LogP contribution >= 0.6 is 11.6 Å². The van der Waals surface area contributed by atoms with Gasteiger partial charge in [0.1, 0.15) is 11.6 Å². The number of nitrogens with two attached hydrogens (primary N) is 1. The molecule has 10 nitrogen and oxygen atoms in total. The molecule has 0 radical (unpaired) electrons. The van der Waals surface area contributed by atoms with Gasteiger partial charge in [0.2, 0.25) is 5.69 Å². The average Bonchev–Trinajstić information content (AvgIpc) is 2.89. The van der Waals surface area contributed by atoms with E-state index in [-0.39, 0.29) is 53.7 Å². The predicted molar refractivity (Wildman–Crippen MR) is 142 cm³/mol. The van der Waals surface area contributed by atoms with Gasteiger partial charge in [0.05, 0.1) is 23.2 Å². The lowest BCUT2D eigenvalue weighted by atomic mass is 9.91. The number of rotatable bonds is 6. The van der Waals surface area contributed by atoms with E-state index in [4.69, 9.17) is 28.6 Å². The first-order chi connectivity index (χ1) is 18.0. The number of hydrogen-bond acceptors (Lipinski definition) is 7. The van der Waals surface area contributed by atoms with Gasteiger partial charge in [-0.05, 0) is 30.3 Å². The summed E-state index contributed by atoms with van der Waals surface area (Å²) in [6.45, 7) is 8.43. The molecule has 4 N–H and O–H groups in total. The lowest BCUT2D eigenvalue weighted by Gasteiger charge is -2.41. The Morgan fingerprint density at radius 2 is 2.08 bits per heavy atom. The summed E-state index contributed by atoms with van der Waals surface area (Å²) in [6, 6.07) is 6.72. The van der Waals surface area contributed by atoms with Crippen molar-refractivity contribution in [2.75, 3.05) is 37.0 Å². The highest BCUT2D eigenvalue weighted by Gasteiger charge is 2.48. The van der Waals surface area contributed by atoms with Gasteiger partial charge < -0.3 is 30.6 Å². The Morgan fingerprint density at radius 3 is 2.74 bits per heavy atom. The van der Waals surface area contributed by atoms with Gasteiger partial charge in [-0.1, -0.05) is 18.5 Å². The van der Waals surface area contributed by atoms with Crippen molar-refractivity contribution < 1.29 is 18.3 Å². The number of nitrogens with zero attached hydrogens (tertiary/aromatic N) is 4. The number of anilines is 3. The minimum absolute atomic E-state index is 0.00737. The fraction of sp³-hybridized carbons (Fsp3) is 0.360. The maximum atomic E-state index is 14.3. The number of carbonyl (C=O) groups is 1. The third-order valence-electron chi connectivity index (χ3n) is 6.51. The lowest BCUT2D eigenvalue weighted by molar-refractivity contribution is -0.122. The van der Waals surface area contributed by atoms with E-state index in [1.807, 2.05) is 0 Å². The molecule has 2 atom stereocenters. The molecule has 1 fully saturated rings. The van der Waals surface area contributed by atoms with Gasteiger partial charge in [0.15, 0.2) is 12.4 Å². The van der Waals surface area contributed by atoms with E-state index in [0.29, 0.717) is 16.6 Å². The molecule has 0 spiro atoms. The quantitative estimate of drug-likeness (QED) is 0.406. The van der Waals surface area contributed by atoms with E-state index in [0.717, 1.165) is 0 Å². The molecule has 0 unspecified atom stereocenters. The summed E-state index contributed by atoms with van der Waals surface area (Å²) in [7, 11) is 3.05. The van der Waals surface area contributed by atoms with E-state index in [2.05, 4.69) is 20.5 Å². The van der Waals surface area contributed by atoms with Crippen LogP contribution in [0.1, 0.15) is 6.92 Å². The van der Waals surface area contributed by atoms with Crippen LogP contribution in [-0.2, 0) is 11.8 Å². The van der Waals surface area contributed by atoms with E-state index >= 15 is 0 Å². The van der Waals surface area contributed by atoms with Crippen molar-refractivity contribution >= 4 is 51.4 Å². The number of halogens is 3. The van der Waals surface area contributed by atoms with E-state index in [9.17, 15) is 18.4 Å². The highest BCUT2D eigenvalue weighted by molar-refractivity contribution is 6.33. The van der Waals surface area contributed by atoms with Gasteiger partial charge in [-0.15, -0.1) is 0 Å². The number of likely N-dealkylation sites (N-methyl/N-ethyl adjacent to an activating group) is 1. The maximum absolute atomic E-state index is 14.3. The number of hydrogen-bond donors (Lipinski definition) is 3. The van der Waals surface area contributed by atoms with Crippen LogP contribution in [0.25, 0.3) is 15.7 Å². The van der Waals surface area contributed by atoms with Crippen LogP contribution in [0.5, 0.6) is 5.75 Å². The van der Waals surface area contributed by atoms with Gasteiger partial charge in [0.25, 0.3) is 17.4 Å². The van der Waals surface area contributed by atoms with Crippen molar-refractivity contribution in [3.8, 4) is 5.75 Å². The molecule has 0 saturated carbocycles. The van der Waals surface area contributed by atoms with Crippen molar-refractivity contribution in [1.29, 1.82) is 0 Å². The van der Waals surface area contributed by atoms with Crippen LogP contribution in [0.4, 0.5) is 31.8 Å². The summed E-state index contributed by atoms with van der Waals surface area (Å²) in [5.74, 6) is -4.02. The highest BCUT2D eigenvalue weighted by atomic mass is 35.5. The minimum Gasteiger partial charge on any atom is -0.478 e. The Bertz CT molecular complexity index is 1490. The number of nitrogens with one attached hydrogen (secondary N) is 2. The summed E-state index contributed by atoms with van der Waals surface area (Å²) in [5.41, 5.74) is 6.65. The number of fused-ring (bicyclic) bond motifs is 1. The number of piperidine rings is 1. The van der Waals surface area contributed by atoms with E-state index < -0.39 is 23.4 Å². The first-order valence-electron chi connectivity index (χ1n) is 11.7. The predicted octanol–water partition coefficient (Wildman–Crippen LogP) is 3.42. The van der Waals surface area contributed by atoms with Gasteiger partial charge in [-0.3, -0.25) is 9.59 Å². The number of carbonyl (C=O) groups excluding carboxylic acids is 1. The molecule has 0 aliphatic carbocycles. The largest absolute Gasteiger partial charge is 0.478 e. The first kappa shape index (κ1) is 27.1. The van der Waals surface area contributed by atoms with Crippen molar-refractivity contribution in [3.63, 3.8) is 0 Å². The summed E-state index contributed by atoms with van der Waals surface area (Å²) < 4.78 is 35.4. The zero-order chi connectivity index (χ0) is 27.8. The van der Waals surface area contributed by atoms with Crippen molar-refractivity contribution in [1.82, 2.24) is 14.9 Å². The van der Waals surface area contributed by atoms with E-state index in [1.165, 1.54) is 30.7 Å². The average molecular weight is 546 g/mol. The molecule has 1 aliphatic heterocycles. The van der Waals surface area contributed by atoms with E-state index in [1.54, 1.807) is 30.1 Å². The molecule has 200 valence electrons. The molecule has 1 amide bonds. The summed E-state index contributed by atoms with van der Waals surface area (Å²) >= 11 is 6.41. The molecular weight excluding hydrogens is 520 g/mol. The van der Waals surface area contributed by atoms with Crippen LogP contribution in [-0.4, -0.2) is 54.2 Å². The molecule has 38 heavy (non-hydrogen) atoms. The summed E-state index contributed by atoms with van der Waals surface area (Å²) in [4.78, 5) is 33.7. The molecule has 2 aromatic heterocycles. The topological polar surface area (TPSA) is 119 Å². The Labute approximate surface area is 222 Å². The fourth-order valence-corrected chi connectivity index (χ4v) is 4.48. The standard InChI is InChI=1S/C25H26ClF2N7O3/c1-13-10-35(11-20(29)25(13,27)28)23-17(30-2)9-16(26)22(33-23)32-15-5-6-18-14(7-15)8-19(24(37)34(18)4)38-12-21(36)31-3/h5-9,13,20H,10-12,29H2,1,3-4H3,(H,31,36)(H,32,33)/t13-,20+/m1/s1. The van der Waals surface area contributed by atoms with Crippen LogP contribution in [0.15, 0.2) is 35.1 Å². The van der Waals surface area contributed by atoms with Crippen LogP contribution in [0.2, 0.25) is 5.02 Å². The number of ether oxygens (including phenoxy) is 1. The smallest absolute Gasteiger partial charge is 0.293 e. The molecule has 1 aromatic carbocycles. The number of amides is 1. The molecule has 3 heterocycles. The second kappa shape index (κ2) is 10.4. The number of alkyl halides is 2. The lowest BCUT2D eigenvalue weighted by Crippen LogP contribution is -2.60. The summed E-state index contributed by atoms with van der Waals surface area (Å²) in [6.07, 6.45) is 0. The van der Waals surface area contributed by atoms with Gasteiger partial charge >= 0.3 is 0 Å². The highest BCUT2D eigenvalue weighted by Crippen LogP contribution is 2.40. The van der Waals surface area contributed by atoms with Crippen LogP contribution in [0, 0.1) is 12.5 Å². The zero-order valence-electron chi connectivity index (χ0n) is 20.9. The van der Waals surface area contributed by atoms with Crippen molar-refractivity contribution in [2.45, 2.75) is 18.9 Å². The fourth-order valence-electron chi connectivity index (χ4n) is 4.28. The Morgan fingerprint density at radius 1 is 1.34 bits per heavy atom. The minimum atomic E-state index is -3.03. The molecule has 1 saturated heterocycles. The third kappa shape index (κ3) is 5.07. The molecule has 1 aliphatic rings. The zero-order valence-corrected chi connectivity index (χ0v) is 21.6. The number of pyridine rings is 2. The van der Waals surface area contributed by atoms with Crippen molar-refractivity contribution in [2.24, 2.45) is 18.7 Å². The van der Waals surface area contributed by atoms with Crippen molar-refractivity contribution in [3.05, 3.63) is 57.1 Å². The van der Waals surface area contributed by atoms with Crippen LogP contribution < -0.4 is 31.6 Å². The molecular formula is C25H26ClF2N7O3. The second-order valence-electron chi connectivity index (χ2n) is 9.09. The van der Waals surface area contributed by atoms with Gasteiger partial charge in [-0.25, -0.2) is 18.6 Å². The molecule has 0 bridgehead atoms. The second-order valence-corrected chi connectivity index (χ2v) is 9.50. The first-order valence-corrected chi connectivity index (χ1v) is 12.0. The summed E-state index contributed by atoms with van der Waals surface area (Å²) in [5, 5.41) is 6.32. The molecule has 3 aromatic rings. The normalized spacial score (nSPS) is 18.6. The van der Waals surface area contributed by atoms with Gasteiger partial charge in [-0.2, -0.15) is 0 Å². The molecule has 4 rings (SSSR count). The maximum Gasteiger partial charge on any atom is 0.293 e. The number of aromatic nitrogens is 2. The number of aryl methyl sites for hydroxylation is 1. The monoisotopic (exact) mass is 545 g/mol. The third-order valence-corrected chi connectivity index (χ3v) is 6.80. The number of benzene rings is 1. The molecule has 13 heteroatoms. The Hall–Kier alpha value is -3.95. The Kier molecular flexibility index (Phi) is 7.44. The SMILES string of the molecule is [C-]#[N+]c1cc(Cl)c(Nc2ccc3c(c2)cc(OCC(=O)NC)c(=O)n3C)nc1N1C[C@@H](C)C(F)(F)[C@@H](N)C1. The van der Waals surface area contributed by atoms with Gasteiger partial charge in [0, 0.05) is 44.2 Å². The van der Waals surface area contributed by atoms with Crippen LogP contribution in [0.3, 0.4) is 0 Å².